The van der Waals surface area contributed by atoms with Gasteiger partial charge in [-0.3, -0.25) is 14.3 Å². The summed E-state index contributed by atoms with van der Waals surface area (Å²) in [5.41, 5.74) is -0.371. The molecule has 0 aliphatic heterocycles. The molecule has 20 heavy (non-hydrogen) atoms. The van der Waals surface area contributed by atoms with Gasteiger partial charge < -0.3 is 10.4 Å². The molecule has 0 atom stereocenters. The number of rotatable bonds is 4. The third-order valence-corrected chi connectivity index (χ3v) is 4.16. The highest BCUT2D eigenvalue weighted by atomic mass is 16.4. The van der Waals surface area contributed by atoms with E-state index in [-0.39, 0.29) is 12.5 Å². The number of aryl methyl sites for hydroxylation is 1. The van der Waals surface area contributed by atoms with Crippen molar-refractivity contribution in [2.75, 3.05) is 6.54 Å². The first-order valence-electron chi connectivity index (χ1n) is 7.05. The van der Waals surface area contributed by atoms with E-state index in [1.54, 1.807) is 19.3 Å². The highest BCUT2D eigenvalue weighted by Crippen LogP contribution is 2.34. The molecule has 1 aromatic rings. The van der Waals surface area contributed by atoms with Gasteiger partial charge in [-0.15, -0.1) is 0 Å². The molecule has 1 aliphatic carbocycles. The molecule has 1 amide bonds. The van der Waals surface area contributed by atoms with E-state index in [0.717, 1.165) is 25.7 Å². The van der Waals surface area contributed by atoms with Crippen LogP contribution in [0.25, 0.3) is 0 Å². The second kappa shape index (κ2) is 6.07. The molecule has 1 heterocycles. The predicted octanol–water partition coefficient (Wildman–Crippen LogP) is 1.58. The van der Waals surface area contributed by atoms with Crippen molar-refractivity contribution in [1.29, 1.82) is 0 Å². The number of nitrogens with zero attached hydrogens (tertiary/aromatic N) is 2. The molecule has 6 heteroatoms. The van der Waals surface area contributed by atoms with Crippen LogP contribution < -0.4 is 5.32 Å². The zero-order chi connectivity index (χ0) is 14.6. The Balaban J connectivity index is 2.04. The molecule has 1 aromatic heterocycles. The normalized spacial score (nSPS) is 18.2. The summed E-state index contributed by atoms with van der Waals surface area (Å²) in [6.45, 7) is 0.187. The van der Waals surface area contributed by atoms with Crippen molar-refractivity contribution >= 4 is 11.9 Å². The van der Waals surface area contributed by atoms with Crippen LogP contribution in [0.2, 0.25) is 0 Å². The summed E-state index contributed by atoms with van der Waals surface area (Å²) >= 11 is 0. The Morgan fingerprint density at radius 2 is 2.00 bits per heavy atom. The van der Waals surface area contributed by atoms with Crippen LogP contribution in [0.4, 0.5) is 0 Å². The Bertz CT molecular complexity index is 488. The van der Waals surface area contributed by atoms with Gasteiger partial charge in [-0.2, -0.15) is 5.10 Å². The number of hydrogen-bond acceptors (Lipinski definition) is 3. The van der Waals surface area contributed by atoms with Gasteiger partial charge in [0.2, 0.25) is 0 Å². The first-order valence-corrected chi connectivity index (χ1v) is 7.05. The molecule has 0 unspecified atom stereocenters. The number of nitrogens with one attached hydrogen (secondary N) is 1. The molecule has 2 N–H and O–H groups in total. The molecule has 1 fully saturated rings. The number of aliphatic carboxylic acids is 1. The highest BCUT2D eigenvalue weighted by Gasteiger charge is 2.39. The van der Waals surface area contributed by atoms with Gasteiger partial charge in [-0.1, -0.05) is 25.7 Å². The molecule has 0 saturated heterocycles. The quantitative estimate of drug-likeness (QED) is 0.819. The molecule has 1 saturated carbocycles. The summed E-state index contributed by atoms with van der Waals surface area (Å²) in [6.07, 6.45) is 6.78. The lowest BCUT2D eigenvalue weighted by Gasteiger charge is -2.28. The number of hydrogen-bond donors (Lipinski definition) is 2. The lowest BCUT2D eigenvalue weighted by molar-refractivity contribution is -0.149. The van der Waals surface area contributed by atoms with Crippen molar-refractivity contribution in [2.24, 2.45) is 12.5 Å². The van der Waals surface area contributed by atoms with E-state index >= 15 is 0 Å². The van der Waals surface area contributed by atoms with Crippen LogP contribution in [0.1, 0.15) is 49.0 Å². The maximum Gasteiger partial charge on any atom is 0.311 e. The first kappa shape index (κ1) is 14.6. The van der Waals surface area contributed by atoms with Crippen LogP contribution in [-0.2, 0) is 11.8 Å². The van der Waals surface area contributed by atoms with Crippen LogP contribution >= 0.6 is 0 Å². The fraction of sp³-hybridized carbons (Fsp3) is 0.643. The zero-order valence-corrected chi connectivity index (χ0v) is 11.8. The lowest BCUT2D eigenvalue weighted by Crippen LogP contribution is -2.43. The minimum atomic E-state index is -0.815. The fourth-order valence-electron chi connectivity index (χ4n) is 2.81. The summed E-state index contributed by atoms with van der Waals surface area (Å²) in [5, 5.41) is 16.2. The van der Waals surface area contributed by atoms with Crippen molar-refractivity contribution in [2.45, 2.75) is 38.5 Å². The molecular weight excluding hydrogens is 258 g/mol. The molecule has 2 rings (SSSR count). The average Bonchev–Trinajstić information content (AvgIpc) is 2.71. The lowest BCUT2D eigenvalue weighted by atomic mass is 9.80. The molecular formula is C14H21N3O3. The zero-order valence-electron chi connectivity index (χ0n) is 11.8. The summed E-state index contributed by atoms with van der Waals surface area (Å²) < 4.78 is 1.48. The van der Waals surface area contributed by atoms with E-state index < -0.39 is 11.4 Å². The summed E-state index contributed by atoms with van der Waals surface area (Å²) in [4.78, 5) is 23.7. The summed E-state index contributed by atoms with van der Waals surface area (Å²) in [5.74, 6) is -1.07. The third kappa shape index (κ3) is 3.00. The molecule has 0 radical (unpaired) electrons. The highest BCUT2D eigenvalue weighted by molar-refractivity contribution is 5.92. The number of carboxylic acid groups (broad SMARTS) is 1. The summed E-state index contributed by atoms with van der Waals surface area (Å²) in [6, 6.07) is 1.62. The van der Waals surface area contributed by atoms with Gasteiger partial charge in [0, 0.05) is 19.8 Å². The molecule has 110 valence electrons. The Hall–Kier alpha value is -1.85. The molecule has 0 spiro atoms. The number of carboxylic acids is 1. The fourth-order valence-corrected chi connectivity index (χ4v) is 2.81. The Labute approximate surface area is 118 Å². The van der Waals surface area contributed by atoms with Crippen molar-refractivity contribution in [3.05, 3.63) is 18.0 Å². The van der Waals surface area contributed by atoms with Crippen LogP contribution in [0.3, 0.4) is 0 Å². The molecule has 0 bridgehead atoms. The van der Waals surface area contributed by atoms with E-state index in [1.807, 2.05) is 0 Å². The SMILES string of the molecule is Cn1nccc1C(=O)NCC1(C(=O)O)CCCCCC1. The molecule has 0 aromatic carbocycles. The van der Waals surface area contributed by atoms with Gasteiger partial charge in [0.25, 0.3) is 5.91 Å². The number of carbonyl (C=O) groups is 2. The van der Waals surface area contributed by atoms with Crippen molar-refractivity contribution < 1.29 is 14.7 Å². The van der Waals surface area contributed by atoms with Gasteiger partial charge >= 0.3 is 5.97 Å². The van der Waals surface area contributed by atoms with Gasteiger partial charge in [0.1, 0.15) is 5.69 Å². The van der Waals surface area contributed by atoms with Crippen LogP contribution in [0.15, 0.2) is 12.3 Å². The average molecular weight is 279 g/mol. The third-order valence-electron chi connectivity index (χ3n) is 4.16. The van der Waals surface area contributed by atoms with Crippen molar-refractivity contribution in [3.8, 4) is 0 Å². The van der Waals surface area contributed by atoms with Crippen LogP contribution in [0, 0.1) is 5.41 Å². The van der Waals surface area contributed by atoms with E-state index in [1.165, 1.54) is 4.68 Å². The van der Waals surface area contributed by atoms with Gasteiger partial charge in [-0.05, 0) is 18.9 Å². The Morgan fingerprint density at radius 1 is 1.35 bits per heavy atom. The topological polar surface area (TPSA) is 84.2 Å². The van der Waals surface area contributed by atoms with E-state index in [4.69, 9.17) is 0 Å². The van der Waals surface area contributed by atoms with Gasteiger partial charge in [0.05, 0.1) is 5.41 Å². The monoisotopic (exact) mass is 279 g/mol. The minimum Gasteiger partial charge on any atom is -0.481 e. The van der Waals surface area contributed by atoms with Crippen molar-refractivity contribution in [1.82, 2.24) is 15.1 Å². The second-order valence-electron chi connectivity index (χ2n) is 5.52. The van der Waals surface area contributed by atoms with Gasteiger partial charge in [0.15, 0.2) is 0 Å². The molecule has 6 nitrogen and oxygen atoms in total. The Kier molecular flexibility index (Phi) is 4.42. The maximum absolute atomic E-state index is 12.1. The first-order chi connectivity index (χ1) is 9.55. The predicted molar refractivity (Wildman–Crippen MR) is 73.3 cm³/mol. The molecule has 1 aliphatic rings. The second-order valence-corrected chi connectivity index (χ2v) is 5.52. The van der Waals surface area contributed by atoms with E-state index in [2.05, 4.69) is 10.4 Å². The summed E-state index contributed by atoms with van der Waals surface area (Å²) in [7, 11) is 1.69. The standard InChI is InChI=1S/C14H21N3O3/c1-17-11(6-9-16-17)12(18)15-10-14(13(19)20)7-4-2-3-5-8-14/h6,9H,2-5,7-8,10H2,1H3,(H,15,18)(H,19,20). The Morgan fingerprint density at radius 3 is 2.50 bits per heavy atom. The van der Waals surface area contributed by atoms with E-state index in [9.17, 15) is 14.7 Å². The van der Waals surface area contributed by atoms with Crippen LogP contribution in [0.5, 0.6) is 0 Å². The number of carbonyl (C=O) groups excluding carboxylic acids is 1. The van der Waals surface area contributed by atoms with Gasteiger partial charge in [-0.25, -0.2) is 0 Å². The number of aromatic nitrogens is 2. The van der Waals surface area contributed by atoms with Crippen LogP contribution in [-0.4, -0.2) is 33.3 Å². The number of amides is 1. The largest absolute Gasteiger partial charge is 0.481 e. The van der Waals surface area contributed by atoms with E-state index in [0.29, 0.717) is 18.5 Å². The maximum atomic E-state index is 12.1. The van der Waals surface area contributed by atoms with Crippen molar-refractivity contribution in [3.63, 3.8) is 0 Å². The smallest absolute Gasteiger partial charge is 0.311 e. The minimum absolute atomic E-state index is 0.187.